The van der Waals surface area contributed by atoms with Crippen LogP contribution >= 0.6 is 0 Å². The van der Waals surface area contributed by atoms with E-state index in [0.29, 0.717) is 5.92 Å². The first-order valence-corrected chi connectivity index (χ1v) is 10.8. The molecule has 0 aliphatic heterocycles. The van der Waals surface area contributed by atoms with Gasteiger partial charge in [0.25, 0.3) is 0 Å². The number of aliphatic hydroxyl groups excluding tert-OH is 2. The van der Waals surface area contributed by atoms with Crippen LogP contribution in [0.3, 0.4) is 0 Å². The molecule has 1 aromatic rings. The van der Waals surface area contributed by atoms with Crippen molar-refractivity contribution >= 4 is 0 Å². The summed E-state index contributed by atoms with van der Waals surface area (Å²) in [6, 6.07) is 4.58. The molecule has 4 atom stereocenters. The van der Waals surface area contributed by atoms with Crippen molar-refractivity contribution in [1.29, 1.82) is 0 Å². The Bertz CT molecular complexity index is 755. The van der Waals surface area contributed by atoms with Gasteiger partial charge in [0, 0.05) is 5.92 Å². The number of allylic oxidation sites excluding steroid dienone is 3. The van der Waals surface area contributed by atoms with Gasteiger partial charge in [0.1, 0.15) is 18.5 Å². The summed E-state index contributed by atoms with van der Waals surface area (Å²) in [6.45, 7) is 5.77. The fourth-order valence-electron chi connectivity index (χ4n) is 3.81. The predicted octanol–water partition coefficient (Wildman–Crippen LogP) is 6.08. The normalized spacial score (nSPS) is 23.0. The molecule has 31 heavy (non-hydrogen) atoms. The highest BCUT2D eigenvalue weighted by Gasteiger charge is 2.32. The van der Waals surface area contributed by atoms with E-state index in [4.69, 9.17) is 4.74 Å². The second-order valence-corrected chi connectivity index (χ2v) is 8.33. The van der Waals surface area contributed by atoms with Crippen LogP contribution in [0.5, 0.6) is 5.75 Å². The van der Waals surface area contributed by atoms with Gasteiger partial charge in [0.15, 0.2) is 0 Å². The highest BCUT2D eigenvalue weighted by atomic mass is 19.4. The fraction of sp³-hybridized carbons (Fsp3) is 0.520. The van der Waals surface area contributed by atoms with Crippen LogP contribution in [0.25, 0.3) is 0 Å². The van der Waals surface area contributed by atoms with E-state index >= 15 is 0 Å². The Morgan fingerprint density at radius 1 is 1.29 bits per heavy atom. The molecule has 2 rings (SSSR count). The summed E-state index contributed by atoms with van der Waals surface area (Å²) in [6.07, 6.45) is 7.49. The van der Waals surface area contributed by atoms with Gasteiger partial charge in [-0.2, -0.15) is 13.2 Å². The number of alkyl halides is 3. The Labute approximate surface area is 182 Å². The number of unbranched alkanes of at least 4 members (excludes halogenated alkanes) is 1. The Morgan fingerprint density at radius 3 is 2.77 bits per heavy atom. The molecule has 0 amide bonds. The van der Waals surface area contributed by atoms with Crippen LogP contribution in [0.15, 0.2) is 60.7 Å². The van der Waals surface area contributed by atoms with Crippen LogP contribution in [-0.4, -0.2) is 29.0 Å². The lowest BCUT2D eigenvalue weighted by molar-refractivity contribution is -0.137. The van der Waals surface area contributed by atoms with Crippen LogP contribution in [0.2, 0.25) is 0 Å². The van der Waals surface area contributed by atoms with Crippen molar-refractivity contribution in [1.82, 2.24) is 0 Å². The van der Waals surface area contributed by atoms with E-state index in [1.54, 1.807) is 6.08 Å². The largest absolute Gasteiger partial charge is 0.491 e. The van der Waals surface area contributed by atoms with Gasteiger partial charge in [-0.15, -0.1) is 6.58 Å². The third kappa shape index (κ3) is 8.91. The molecule has 1 aliphatic rings. The Hall–Kier alpha value is -2.05. The minimum Gasteiger partial charge on any atom is -0.491 e. The monoisotopic (exact) mass is 438 g/mol. The minimum absolute atomic E-state index is 0.0525. The second kappa shape index (κ2) is 12.1. The fourth-order valence-corrected chi connectivity index (χ4v) is 3.81. The molecule has 1 aliphatic carbocycles. The number of halogens is 3. The van der Waals surface area contributed by atoms with Crippen LogP contribution in [0, 0.1) is 11.8 Å². The number of aliphatic hydroxyl groups is 2. The van der Waals surface area contributed by atoms with Gasteiger partial charge in [-0.05, 0) is 69.6 Å². The third-order valence-electron chi connectivity index (χ3n) is 5.54. The maximum atomic E-state index is 12.8. The number of hydrogen-bond acceptors (Lipinski definition) is 3. The molecule has 1 unspecified atom stereocenters. The first-order chi connectivity index (χ1) is 14.7. The maximum absolute atomic E-state index is 12.8. The van der Waals surface area contributed by atoms with Crippen LogP contribution in [-0.2, 0) is 6.18 Å². The molecule has 0 aromatic heterocycles. The van der Waals surface area contributed by atoms with Crippen molar-refractivity contribution < 1.29 is 28.1 Å². The molecule has 0 spiro atoms. The van der Waals surface area contributed by atoms with Gasteiger partial charge in [0.05, 0.1) is 11.7 Å². The molecule has 0 heterocycles. The van der Waals surface area contributed by atoms with Gasteiger partial charge in [-0.1, -0.05) is 35.9 Å². The van der Waals surface area contributed by atoms with Crippen molar-refractivity contribution in [2.75, 3.05) is 6.61 Å². The zero-order chi connectivity index (χ0) is 22.9. The van der Waals surface area contributed by atoms with Gasteiger partial charge in [-0.3, -0.25) is 0 Å². The summed E-state index contributed by atoms with van der Waals surface area (Å²) in [4.78, 5) is 0. The molecule has 0 saturated heterocycles. The average molecular weight is 439 g/mol. The lowest BCUT2D eigenvalue weighted by atomic mass is 9.91. The molecular formula is C25H33F3O3. The van der Waals surface area contributed by atoms with Gasteiger partial charge in [0.2, 0.25) is 0 Å². The van der Waals surface area contributed by atoms with E-state index in [0.717, 1.165) is 50.7 Å². The van der Waals surface area contributed by atoms with E-state index in [1.165, 1.54) is 17.7 Å². The molecule has 1 aromatic carbocycles. The molecule has 1 saturated carbocycles. The molecular weight excluding hydrogens is 405 g/mol. The van der Waals surface area contributed by atoms with E-state index in [-0.39, 0.29) is 18.3 Å². The first-order valence-electron chi connectivity index (χ1n) is 10.8. The lowest BCUT2D eigenvalue weighted by Crippen LogP contribution is -2.19. The SMILES string of the molecule is C=C(C)CCC/C=C\C[C@H]1CC[C@@H](O)C1/C=C/[C@@H](O)COc1cccc(C(F)(F)F)c1. The average Bonchev–Trinajstić information content (AvgIpc) is 3.06. The highest BCUT2D eigenvalue weighted by molar-refractivity contribution is 5.30. The minimum atomic E-state index is -4.44. The molecule has 1 fully saturated rings. The number of rotatable bonds is 11. The molecule has 0 radical (unpaired) electrons. The lowest BCUT2D eigenvalue weighted by Gasteiger charge is -2.18. The summed E-state index contributed by atoms with van der Waals surface area (Å²) in [5.74, 6) is 0.307. The van der Waals surface area contributed by atoms with Gasteiger partial charge >= 0.3 is 6.18 Å². The van der Waals surface area contributed by atoms with Gasteiger partial charge < -0.3 is 14.9 Å². The quantitative estimate of drug-likeness (QED) is 0.325. The smallest absolute Gasteiger partial charge is 0.416 e. The highest BCUT2D eigenvalue weighted by Crippen LogP contribution is 2.36. The molecule has 0 bridgehead atoms. The zero-order valence-electron chi connectivity index (χ0n) is 18.0. The van der Waals surface area contributed by atoms with Crippen LogP contribution < -0.4 is 4.74 Å². The van der Waals surface area contributed by atoms with Crippen LogP contribution in [0.4, 0.5) is 13.2 Å². The summed E-state index contributed by atoms with van der Waals surface area (Å²) < 4.78 is 43.6. The summed E-state index contributed by atoms with van der Waals surface area (Å²) in [7, 11) is 0. The Morgan fingerprint density at radius 2 is 2.06 bits per heavy atom. The second-order valence-electron chi connectivity index (χ2n) is 8.33. The number of benzene rings is 1. The van der Waals surface area contributed by atoms with Crippen molar-refractivity contribution in [3.8, 4) is 5.75 Å². The predicted molar refractivity (Wildman–Crippen MR) is 117 cm³/mol. The van der Waals surface area contributed by atoms with E-state index in [9.17, 15) is 23.4 Å². The van der Waals surface area contributed by atoms with Crippen molar-refractivity contribution in [3.05, 3.63) is 66.3 Å². The first kappa shape index (κ1) is 25.2. The maximum Gasteiger partial charge on any atom is 0.416 e. The van der Waals surface area contributed by atoms with E-state index < -0.39 is 23.9 Å². The standard InChI is InChI=1S/C25H33F3O3/c1-18(2)8-5-3-4-6-9-19-12-15-24(30)23(19)14-13-21(29)17-31-22-11-7-10-20(16-22)25(26,27)28/h4,6-7,10-11,13-14,16,19,21,23-24,29-30H,1,3,5,8-9,12,15,17H2,2H3/b6-4-,14-13+/t19-,21+,23?,24+/m0/s1. The summed E-state index contributed by atoms with van der Waals surface area (Å²) in [5.41, 5.74) is 0.396. The van der Waals surface area contributed by atoms with Gasteiger partial charge in [-0.25, -0.2) is 0 Å². The molecule has 6 heteroatoms. The van der Waals surface area contributed by atoms with Crippen LogP contribution in [0.1, 0.15) is 51.0 Å². The van der Waals surface area contributed by atoms with E-state index in [1.807, 2.05) is 13.0 Å². The van der Waals surface area contributed by atoms with E-state index in [2.05, 4.69) is 18.7 Å². The molecule has 2 N–H and O–H groups in total. The van der Waals surface area contributed by atoms with Crippen molar-refractivity contribution in [3.63, 3.8) is 0 Å². The van der Waals surface area contributed by atoms with Crippen molar-refractivity contribution in [2.45, 2.75) is 63.8 Å². The van der Waals surface area contributed by atoms with Crippen molar-refractivity contribution in [2.24, 2.45) is 11.8 Å². The summed E-state index contributed by atoms with van der Waals surface area (Å²) >= 11 is 0. The summed E-state index contributed by atoms with van der Waals surface area (Å²) in [5, 5.41) is 20.4. The number of hydrogen-bond donors (Lipinski definition) is 2. The Balaban J connectivity index is 1.82. The zero-order valence-corrected chi connectivity index (χ0v) is 18.0. The third-order valence-corrected chi connectivity index (χ3v) is 5.54. The number of ether oxygens (including phenoxy) is 1. The topological polar surface area (TPSA) is 49.7 Å². The Kier molecular flexibility index (Phi) is 9.85. The molecule has 172 valence electrons. The molecule has 3 nitrogen and oxygen atoms in total.